The maximum atomic E-state index is 12.7. The molecule has 0 spiro atoms. The van der Waals surface area contributed by atoms with Crippen LogP contribution in [0.3, 0.4) is 0 Å². The van der Waals surface area contributed by atoms with Crippen LogP contribution in [-0.4, -0.2) is 29.1 Å². The number of nitrogens with zero attached hydrogens (tertiary/aromatic N) is 2. The Morgan fingerprint density at radius 3 is 2.78 bits per heavy atom. The van der Waals surface area contributed by atoms with Crippen molar-refractivity contribution >= 4 is 23.4 Å². The van der Waals surface area contributed by atoms with Gasteiger partial charge >= 0.3 is 6.18 Å². The summed E-state index contributed by atoms with van der Waals surface area (Å²) < 4.78 is 38.1. The highest BCUT2D eigenvalue weighted by molar-refractivity contribution is 8.00. The Bertz CT molecular complexity index is 436. The number of rotatable bonds is 1. The molecule has 1 saturated heterocycles. The van der Waals surface area contributed by atoms with E-state index in [0.717, 1.165) is 17.9 Å². The molecular weight excluding hydrogens is 263 g/mol. The van der Waals surface area contributed by atoms with Crippen molar-refractivity contribution in [2.75, 3.05) is 29.5 Å². The van der Waals surface area contributed by atoms with Gasteiger partial charge in [0.15, 0.2) is 0 Å². The molecule has 1 aromatic rings. The van der Waals surface area contributed by atoms with E-state index in [2.05, 4.69) is 4.98 Å². The van der Waals surface area contributed by atoms with Crippen molar-refractivity contribution in [1.82, 2.24) is 4.98 Å². The number of nitrogen functional groups attached to an aromatic ring is 1. The zero-order valence-electron chi connectivity index (χ0n) is 9.87. The van der Waals surface area contributed by atoms with E-state index in [1.807, 2.05) is 23.6 Å². The monoisotopic (exact) mass is 277 g/mol. The molecule has 18 heavy (non-hydrogen) atoms. The van der Waals surface area contributed by atoms with Gasteiger partial charge in [-0.2, -0.15) is 24.9 Å². The van der Waals surface area contributed by atoms with Gasteiger partial charge in [-0.1, -0.05) is 6.92 Å². The van der Waals surface area contributed by atoms with E-state index in [0.29, 0.717) is 24.2 Å². The number of anilines is 2. The summed E-state index contributed by atoms with van der Waals surface area (Å²) in [5.41, 5.74) is 4.71. The van der Waals surface area contributed by atoms with Crippen molar-refractivity contribution in [2.45, 2.75) is 18.3 Å². The lowest BCUT2D eigenvalue weighted by atomic mass is 10.2. The van der Waals surface area contributed by atoms with Crippen LogP contribution in [0.2, 0.25) is 0 Å². The van der Waals surface area contributed by atoms with Gasteiger partial charge < -0.3 is 10.6 Å². The molecule has 100 valence electrons. The van der Waals surface area contributed by atoms with Crippen LogP contribution in [0.4, 0.5) is 24.8 Å². The third-order valence-electron chi connectivity index (χ3n) is 2.72. The molecule has 0 radical (unpaired) electrons. The molecule has 3 nitrogen and oxygen atoms in total. The Morgan fingerprint density at radius 2 is 2.17 bits per heavy atom. The molecule has 0 aliphatic carbocycles. The lowest BCUT2D eigenvalue weighted by Gasteiger charge is -2.31. The predicted molar refractivity (Wildman–Crippen MR) is 67.8 cm³/mol. The SMILES string of the molecule is CC1CN(c2cc(C(F)(F)F)cc(N)n2)CCS1. The van der Waals surface area contributed by atoms with Gasteiger partial charge in [0.25, 0.3) is 0 Å². The number of hydrogen-bond donors (Lipinski definition) is 1. The number of nitrogens with two attached hydrogens (primary N) is 1. The van der Waals surface area contributed by atoms with E-state index < -0.39 is 11.7 Å². The number of aromatic nitrogens is 1. The van der Waals surface area contributed by atoms with Crippen LogP contribution in [0.25, 0.3) is 0 Å². The minimum absolute atomic E-state index is 0.0919. The first-order chi connectivity index (χ1) is 8.36. The molecule has 1 aromatic heterocycles. The average molecular weight is 277 g/mol. The molecule has 2 rings (SSSR count). The van der Waals surface area contributed by atoms with E-state index in [4.69, 9.17) is 5.73 Å². The van der Waals surface area contributed by atoms with Crippen LogP contribution in [0.15, 0.2) is 12.1 Å². The Morgan fingerprint density at radius 1 is 1.44 bits per heavy atom. The largest absolute Gasteiger partial charge is 0.416 e. The van der Waals surface area contributed by atoms with Gasteiger partial charge in [-0.3, -0.25) is 0 Å². The van der Waals surface area contributed by atoms with Crippen LogP contribution >= 0.6 is 11.8 Å². The fraction of sp³-hybridized carbons (Fsp3) is 0.545. The van der Waals surface area contributed by atoms with E-state index >= 15 is 0 Å². The maximum absolute atomic E-state index is 12.7. The zero-order valence-corrected chi connectivity index (χ0v) is 10.7. The van der Waals surface area contributed by atoms with E-state index in [1.165, 1.54) is 0 Å². The van der Waals surface area contributed by atoms with Crippen LogP contribution in [0.1, 0.15) is 12.5 Å². The maximum Gasteiger partial charge on any atom is 0.416 e. The number of thioether (sulfide) groups is 1. The minimum atomic E-state index is -4.39. The van der Waals surface area contributed by atoms with Gasteiger partial charge in [-0.05, 0) is 12.1 Å². The first-order valence-corrected chi connectivity index (χ1v) is 6.62. The van der Waals surface area contributed by atoms with Gasteiger partial charge in [-0.25, -0.2) is 4.98 Å². The quantitative estimate of drug-likeness (QED) is 0.857. The predicted octanol–water partition coefficient (Wildman–Crippen LogP) is 2.62. The molecule has 1 aliphatic heterocycles. The third-order valence-corrected chi connectivity index (χ3v) is 3.86. The highest BCUT2D eigenvalue weighted by Crippen LogP contribution is 2.33. The van der Waals surface area contributed by atoms with Gasteiger partial charge in [0.1, 0.15) is 11.6 Å². The second-order valence-electron chi connectivity index (χ2n) is 4.26. The lowest BCUT2D eigenvalue weighted by Crippen LogP contribution is -2.37. The highest BCUT2D eigenvalue weighted by atomic mass is 32.2. The number of pyridine rings is 1. The summed E-state index contributed by atoms with van der Waals surface area (Å²) in [6, 6.07) is 1.94. The number of alkyl halides is 3. The smallest absolute Gasteiger partial charge is 0.384 e. The molecule has 1 fully saturated rings. The number of hydrogen-bond acceptors (Lipinski definition) is 4. The molecule has 1 aliphatic rings. The normalized spacial score (nSPS) is 21.1. The first-order valence-electron chi connectivity index (χ1n) is 5.57. The van der Waals surface area contributed by atoms with E-state index in [9.17, 15) is 13.2 Å². The summed E-state index contributed by atoms with van der Waals surface area (Å²) in [5, 5.41) is 0.385. The van der Waals surface area contributed by atoms with Gasteiger partial charge in [-0.15, -0.1) is 0 Å². The average Bonchev–Trinajstić information content (AvgIpc) is 2.27. The van der Waals surface area contributed by atoms with E-state index in [-0.39, 0.29) is 5.82 Å². The molecular formula is C11H14F3N3S. The Balaban J connectivity index is 2.30. The number of halogens is 3. The summed E-state index contributed by atoms with van der Waals surface area (Å²) >= 11 is 1.81. The topological polar surface area (TPSA) is 42.1 Å². The lowest BCUT2D eigenvalue weighted by molar-refractivity contribution is -0.137. The molecule has 0 bridgehead atoms. The molecule has 2 heterocycles. The van der Waals surface area contributed by atoms with Crippen molar-refractivity contribution in [1.29, 1.82) is 0 Å². The van der Waals surface area contributed by atoms with Crippen molar-refractivity contribution in [2.24, 2.45) is 0 Å². The van der Waals surface area contributed by atoms with Crippen molar-refractivity contribution in [3.8, 4) is 0 Å². The fourth-order valence-corrected chi connectivity index (χ4v) is 2.90. The van der Waals surface area contributed by atoms with Crippen LogP contribution in [0.5, 0.6) is 0 Å². The second kappa shape index (κ2) is 4.87. The fourth-order valence-electron chi connectivity index (χ4n) is 1.89. The second-order valence-corrected chi connectivity index (χ2v) is 5.81. The molecule has 1 atom stereocenters. The summed E-state index contributed by atoms with van der Waals surface area (Å²) in [6.45, 7) is 3.44. The molecule has 7 heteroatoms. The van der Waals surface area contributed by atoms with Crippen LogP contribution in [0, 0.1) is 0 Å². The molecule has 1 unspecified atom stereocenters. The van der Waals surface area contributed by atoms with Crippen LogP contribution in [-0.2, 0) is 6.18 Å². The third kappa shape index (κ3) is 3.01. The van der Waals surface area contributed by atoms with Gasteiger partial charge in [0, 0.05) is 24.1 Å². The summed E-state index contributed by atoms with van der Waals surface area (Å²) in [4.78, 5) is 5.85. The standard InChI is InChI=1S/C11H14F3N3S/c1-7-6-17(2-3-18-7)10-5-8(11(12,13)14)4-9(15)16-10/h4-5,7H,2-3,6H2,1H3,(H2,15,16). The molecule has 0 saturated carbocycles. The molecule has 2 N–H and O–H groups in total. The van der Waals surface area contributed by atoms with Gasteiger partial charge in [0.2, 0.25) is 0 Å². The summed E-state index contributed by atoms with van der Waals surface area (Å²) in [6.07, 6.45) is -4.39. The van der Waals surface area contributed by atoms with E-state index in [1.54, 1.807) is 0 Å². The minimum Gasteiger partial charge on any atom is -0.384 e. The zero-order chi connectivity index (χ0) is 13.3. The summed E-state index contributed by atoms with van der Waals surface area (Å²) in [7, 11) is 0. The van der Waals surface area contributed by atoms with Crippen LogP contribution < -0.4 is 10.6 Å². The van der Waals surface area contributed by atoms with Crippen molar-refractivity contribution in [3.05, 3.63) is 17.7 Å². The molecule has 0 aromatic carbocycles. The Hall–Kier alpha value is -1.11. The summed E-state index contributed by atoms with van der Waals surface area (Å²) in [5.74, 6) is 1.11. The van der Waals surface area contributed by atoms with Crippen molar-refractivity contribution in [3.63, 3.8) is 0 Å². The Labute approximate surface area is 108 Å². The van der Waals surface area contributed by atoms with Crippen molar-refractivity contribution < 1.29 is 13.2 Å². The van der Waals surface area contributed by atoms with Gasteiger partial charge in [0.05, 0.1) is 5.56 Å². The molecule has 0 amide bonds. The Kier molecular flexibility index (Phi) is 3.61. The highest BCUT2D eigenvalue weighted by Gasteiger charge is 2.32. The first kappa shape index (κ1) is 13.3.